The smallest absolute Gasteiger partial charge is 0.0630 e. The number of halogens is 2. The first-order valence-corrected chi connectivity index (χ1v) is 9.21. The van der Waals surface area contributed by atoms with Crippen LogP contribution >= 0.6 is 35.0 Å². The number of nitrogens with zero attached hydrogens (tertiary/aromatic N) is 1. The molecule has 4 heteroatoms. The third kappa shape index (κ3) is 4.64. The molecule has 0 aliphatic carbocycles. The van der Waals surface area contributed by atoms with Gasteiger partial charge in [0.2, 0.25) is 0 Å². The van der Waals surface area contributed by atoms with Crippen molar-refractivity contribution in [1.82, 2.24) is 0 Å². The lowest BCUT2D eigenvalue weighted by Gasteiger charge is -2.03. The fraction of sp³-hybridized carbons (Fsp3) is 0.0500. The quantitative estimate of drug-likeness (QED) is 0.346. The van der Waals surface area contributed by atoms with Gasteiger partial charge in [-0.1, -0.05) is 59.6 Å². The molecule has 0 aromatic heterocycles. The summed E-state index contributed by atoms with van der Waals surface area (Å²) in [6.07, 6.45) is 1.71. The van der Waals surface area contributed by atoms with Gasteiger partial charge < -0.3 is 0 Å². The van der Waals surface area contributed by atoms with E-state index in [4.69, 9.17) is 23.2 Å². The van der Waals surface area contributed by atoms with Gasteiger partial charge in [-0.25, -0.2) is 0 Å². The van der Waals surface area contributed by atoms with Crippen LogP contribution in [0.5, 0.6) is 0 Å². The largest absolute Gasteiger partial charge is 0.256 e. The van der Waals surface area contributed by atoms with E-state index in [2.05, 4.69) is 41.4 Å². The van der Waals surface area contributed by atoms with E-state index in [1.54, 1.807) is 18.3 Å². The molecular weight excluding hydrogens is 357 g/mol. The van der Waals surface area contributed by atoms with Crippen LogP contribution in [0.2, 0.25) is 10.0 Å². The Balaban J connectivity index is 1.65. The zero-order chi connectivity index (χ0) is 16.8. The van der Waals surface area contributed by atoms with Crippen molar-refractivity contribution in [3.63, 3.8) is 0 Å². The molecule has 3 aromatic carbocycles. The van der Waals surface area contributed by atoms with Crippen molar-refractivity contribution in [2.45, 2.75) is 10.6 Å². The van der Waals surface area contributed by atoms with E-state index in [1.807, 2.05) is 36.0 Å². The minimum Gasteiger partial charge on any atom is -0.256 e. The van der Waals surface area contributed by atoms with Gasteiger partial charge in [0.1, 0.15) is 0 Å². The third-order valence-electron chi connectivity index (χ3n) is 3.43. The molecule has 0 saturated carbocycles. The monoisotopic (exact) mass is 371 g/mol. The van der Waals surface area contributed by atoms with Crippen molar-refractivity contribution < 1.29 is 0 Å². The molecule has 3 aromatic rings. The Morgan fingerprint density at radius 2 is 1.46 bits per heavy atom. The molecule has 0 N–H and O–H groups in total. The molecule has 0 atom stereocenters. The maximum absolute atomic E-state index is 6.14. The van der Waals surface area contributed by atoms with Crippen LogP contribution < -0.4 is 0 Å². The van der Waals surface area contributed by atoms with Crippen LogP contribution in [0, 0.1) is 0 Å². The summed E-state index contributed by atoms with van der Waals surface area (Å²) in [5, 5.41) is 1.20. The van der Waals surface area contributed by atoms with E-state index in [9.17, 15) is 0 Å². The van der Waals surface area contributed by atoms with Crippen molar-refractivity contribution in [2.24, 2.45) is 4.99 Å². The van der Waals surface area contributed by atoms with E-state index >= 15 is 0 Å². The highest BCUT2D eigenvalue weighted by Gasteiger charge is 2.02. The molecule has 24 heavy (non-hydrogen) atoms. The lowest BCUT2D eigenvalue weighted by Crippen LogP contribution is -1.84. The molecule has 0 unspecified atom stereocenters. The van der Waals surface area contributed by atoms with Crippen molar-refractivity contribution in [3.8, 4) is 0 Å². The average Bonchev–Trinajstić information content (AvgIpc) is 2.61. The topological polar surface area (TPSA) is 12.4 Å². The highest BCUT2D eigenvalue weighted by Crippen LogP contribution is 2.25. The van der Waals surface area contributed by atoms with Gasteiger partial charge in [0.25, 0.3) is 0 Å². The van der Waals surface area contributed by atoms with Crippen molar-refractivity contribution in [2.75, 3.05) is 0 Å². The van der Waals surface area contributed by atoms with Crippen LogP contribution in [0.25, 0.3) is 0 Å². The normalized spacial score (nSPS) is 11.1. The zero-order valence-electron chi connectivity index (χ0n) is 12.8. The van der Waals surface area contributed by atoms with Gasteiger partial charge in [0, 0.05) is 22.4 Å². The van der Waals surface area contributed by atoms with Crippen LogP contribution in [-0.2, 0) is 5.75 Å². The molecule has 0 spiro atoms. The van der Waals surface area contributed by atoms with Gasteiger partial charge in [-0.05, 0) is 42.0 Å². The number of thioether (sulfide) groups is 1. The molecule has 0 heterocycles. The second-order valence-corrected chi connectivity index (χ2v) is 7.02. The number of hydrogen-bond donors (Lipinski definition) is 0. The summed E-state index contributed by atoms with van der Waals surface area (Å²) in [5.74, 6) is 0.935. The van der Waals surface area contributed by atoms with Gasteiger partial charge in [-0.2, -0.15) is 0 Å². The Labute approximate surface area is 156 Å². The van der Waals surface area contributed by atoms with Crippen molar-refractivity contribution >= 4 is 46.9 Å². The van der Waals surface area contributed by atoms with Crippen LogP contribution in [0.1, 0.15) is 11.1 Å². The van der Waals surface area contributed by atoms with Crippen LogP contribution in [0.3, 0.4) is 0 Å². The predicted molar refractivity (Wildman–Crippen MR) is 106 cm³/mol. The van der Waals surface area contributed by atoms with Gasteiger partial charge in [-0.15, -0.1) is 11.8 Å². The van der Waals surface area contributed by atoms with Crippen LogP contribution in [-0.4, -0.2) is 6.21 Å². The summed E-state index contributed by atoms with van der Waals surface area (Å²) in [7, 11) is 0. The second-order valence-electron chi connectivity index (χ2n) is 5.16. The average molecular weight is 372 g/mol. The summed E-state index contributed by atoms with van der Waals surface area (Å²) >= 11 is 14.1. The second kappa shape index (κ2) is 8.39. The van der Waals surface area contributed by atoms with Crippen LogP contribution in [0.15, 0.2) is 82.7 Å². The first-order valence-electron chi connectivity index (χ1n) is 7.47. The first kappa shape index (κ1) is 17.1. The van der Waals surface area contributed by atoms with E-state index in [-0.39, 0.29) is 0 Å². The minimum absolute atomic E-state index is 0.599. The molecular formula is C20H15Cl2NS. The summed E-state index contributed by atoms with van der Waals surface area (Å²) in [6, 6.07) is 24.0. The molecule has 0 aliphatic heterocycles. The zero-order valence-corrected chi connectivity index (χ0v) is 15.2. The van der Waals surface area contributed by atoms with E-state index < -0.39 is 0 Å². The number of hydrogen-bond acceptors (Lipinski definition) is 2. The summed E-state index contributed by atoms with van der Waals surface area (Å²) < 4.78 is 0. The Kier molecular flexibility index (Phi) is 5.97. The molecule has 0 saturated heterocycles. The number of aliphatic imine (C=N–C) groups is 1. The van der Waals surface area contributed by atoms with Gasteiger partial charge in [0.15, 0.2) is 0 Å². The summed E-state index contributed by atoms with van der Waals surface area (Å²) in [5.41, 5.74) is 2.88. The highest BCUT2D eigenvalue weighted by atomic mass is 35.5. The molecule has 1 nitrogen and oxygen atoms in total. The molecule has 0 radical (unpaired) electrons. The molecule has 0 amide bonds. The van der Waals surface area contributed by atoms with Gasteiger partial charge in [-0.3, -0.25) is 4.99 Å². The van der Waals surface area contributed by atoms with Crippen LogP contribution in [0.4, 0.5) is 5.69 Å². The van der Waals surface area contributed by atoms with Gasteiger partial charge >= 0.3 is 0 Å². The summed E-state index contributed by atoms with van der Waals surface area (Å²) in [6.45, 7) is 0. The molecule has 3 rings (SSSR count). The highest BCUT2D eigenvalue weighted by molar-refractivity contribution is 7.98. The lowest BCUT2D eigenvalue weighted by atomic mass is 10.2. The fourth-order valence-electron chi connectivity index (χ4n) is 2.13. The van der Waals surface area contributed by atoms with Crippen molar-refractivity contribution in [3.05, 3.63) is 94.0 Å². The minimum atomic E-state index is 0.599. The standard InChI is InChI=1S/C20H15Cl2NS/c21-19-7-4-8-20(22)18(19)13-23-16-11-9-15(10-12-16)14-24-17-5-2-1-3-6-17/h1-13H,14H2. The third-order valence-corrected chi connectivity index (χ3v) is 5.17. The summed E-state index contributed by atoms with van der Waals surface area (Å²) in [4.78, 5) is 5.73. The first-order chi connectivity index (χ1) is 11.7. The molecule has 0 bridgehead atoms. The SMILES string of the molecule is Clc1cccc(Cl)c1C=Nc1ccc(CSc2ccccc2)cc1. The molecule has 120 valence electrons. The Hall–Kier alpha value is -1.74. The number of rotatable bonds is 5. The van der Waals surface area contributed by atoms with E-state index in [0.717, 1.165) is 17.0 Å². The Morgan fingerprint density at radius 1 is 0.792 bits per heavy atom. The maximum Gasteiger partial charge on any atom is 0.0630 e. The Morgan fingerprint density at radius 3 is 2.12 bits per heavy atom. The van der Waals surface area contributed by atoms with Crippen molar-refractivity contribution in [1.29, 1.82) is 0 Å². The molecule has 0 fully saturated rings. The maximum atomic E-state index is 6.14. The lowest BCUT2D eigenvalue weighted by molar-refractivity contribution is 1.37. The van der Waals surface area contributed by atoms with Gasteiger partial charge in [0.05, 0.1) is 15.7 Å². The Bertz CT molecular complexity index is 810. The predicted octanol–water partition coefficient (Wildman–Crippen LogP) is 7.04. The van der Waals surface area contributed by atoms with E-state index in [1.165, 1.54) is 10.5 Å². The number of benzene rings is 3. The van der Waals surface area contributed by atoms with E-state index in [0.29, 0.717) is 10.0 Å². The molecule has 0 aliphatic rings. The fourth-order valence-corrected chi connectivity index (χ4v) is 3.51.